The number of aromatic nitrogens is 1. The Kier molecular flexibility index (Phi) is 10.5. The SMILES string of the molecule is CN(C)S(=O)(=O)NC(CCC[C@H](NC(=O)O)C(O)C(=O)NCc1cccnc1)C(C)(C)C. The number of carbonyl (C=O) groups is 2. The van der Waals surface area contributed by atoms with Crippen LogP contribution in [0.25, 0.3) is 0 Å². The summed E-state index contributed by atoms with van der Waals surface area (Å²) < 4.78 is 28.2. The van der Waals surface area contributed by atoms with Gasteiger partial charge in [-0.05, 0) is 36.3 Å². The van der Waals surface area contributed by atoms with Gasteiger partial charge in [-0.2, -0.15) is 17.4 Å². The predicted octanol–water partition coefficient (Wildman–Crippen LogP) is 0.676. The summed E-state index contributed by atoms with van der Waals surface area (Å²) in [5, 5.41) is 24.3. The van der Waals surface area contributed by atoms with Gasteiger partial charge < -0.3 is 20.8 Å². The number of aliphatic hydroxyl groups excluding tert-OH is 1. The summed E-state index contributed by atoms with van der Waals surface area (Å²) in [6, 6.07) is 1.99. The highest BCUT2D eigenvalue weighted by Crippen LogP contribution is 2.25. The summed E-state index contributed by atoms with van der Waals surface area (Å²) in [7, 11) is -0.807. The molecular weight excluding hydrogens is 438 g/mol. The number of hydrogen-bond acceptors (Lipinski definition) is 6. The second kappa shape index (κ2) is 12.1. The van der Waals surface area contributed by atoms with Crippen molar-refractivity contribution in [1.82, 2.24) is 24.6 Å². The van der Waals surface area contributed by atoms with Crippen molar-refractivity contribution in [3.8, 4) is 0 Å². The van der Waals surface area contributed by atoms with Crippen molar-refractivity contribution < 1.29 is 28.2 Å². The first-order valence-electron chi connectivity index (χ1n) is 10.3. The van der Waals surface area contributed by atoms with E-state index in [1.807, 2.05) is 20.8 Å². The standard InChI is InChI=1S/C20H35N5O6S/c1-20(2,3)16(24-32(30,31)25(4)5)10-6-9-15(23-19(28)29)17(26)18(27)22-13-14-8-7-11-21-12-14/h7-8,11-12,15-17,23-24,26H,6,9-10,13H2,1-5H3,(H,22,27)(H,28,29)/t15-,16?,17?/m0/s1. The van der Waals surface area contributed by atoms with Gasteiger partial charge in [0.05, 0.1) is 6.04 Å². The fraction of sp³-hybridized carbons (Fsp3) is 0.650. The lowest BCUT2D eigenvalue weighted by Gasteiger charge is -2.33. The fourth-order valence-electron chi connectivity index (χ4n) is 2.94. The van der Waals surface area contributed by atoms with E-state index in [0.29, 0.717) is 12.8 Å². The highest BCUT2D eigenvalue weighted by Gasteiger charge is 2.31. The Labute approximate surface area is 189 Å². The number of amides is 2. The molecule has 0 saturated heterocycles. The number of carbonyl (C=O) groups excluding carboxylic acids is 1. The Hall–Kier alpha value is -2.28. The quantitative estimate of drug-likeness (QED) is 0.298. The van der Waals surface area contributed by atoms with Crippen molar-refractivity contribution in [3.05, 3.63) is 30.1 Å². The Morgan fingerprint density at radius 3 is 2.38 bits per heavy atom. The number of nitrogens with one attached hydrogen (secondary N) is 3. The molecule has 11 nitrogen and oxygen atoms in total. The lowest BCUT2D eigenvalue weighted by molar-refractivity contribution is -0.131. The predicted molar refractivity (Wildman–Crippen MR) is 120 cm³/mol. The van der Waals surface area contributed by atoms with Crippen molar-refractivity contribution in [2.75, 3.05) is 14.1 Å². The molecular formula is C20H35N5O6S. The zero-order valence-corrected chi connectivity index (χ0v) is 20.0. The van der Waals surface area contributed by atoms with Gasteiger partial charge in [-0.1, -0.05) is 26.8 Å². The molecule has 0 bridgehead atoms. The molecule has 3 atom stereocenters. The van der Waals surface area contributed by atoms with Gasteiger partial charge in [0.1, 0.15) is 0 Å². The average Bonchev–Trinajstić information content (AvgIpc) is 2.69. The van der Waals surface area contributed by atoms with Crippen LogP contribution in [0, 0.1) is 5.41 Å². The van der Waals surface area contributed by atoms with Gasteiger partial charge in [0.2, 0.25) is 0 Å². The van der Waals surface area contributed by atoms with E-state index in [1.165, 1.54) is 14.1 Å². The molecule has 0 aliphatic rings. The van der Waals surface area contributed by atoms with Gasteiger partial charge in [-0.25, -0.2) is 4.79 Å². The Bertz CT molecular complexity index is 842. The number of carboxylic acid groups (broad SMARTS) is 1. The van der Waals surface area contributed by atoms with Crippen LogP contribution in [0.4, 0.5) is 4.79 Å². The number of hydrogen-bond donors (Lipinski definition) is 5. The number of pyridine rings is 1. The van der Waals surface area contributed by atoms with E-state index in [-0.39, 0.29) is 13.0 Å². The van der Waals surface area contributed by atoms with E-state index in [0.717, 1.165) is 9.87 Å². The molecule has 0 aliphatic carbocycles. The second-order valence-electron chi connectivity index (χ2n) is 8.83. The maximum absolute atomic E-state index is 12.3. The first-order chi connectivity index (χ1) is 14.7. The molecule has 2 unspecified atom stereocenters. The molecule has 1 rings (SSSR count). The van der Waals surface area contributed by atoms with Crippen molar-refractivity contribution in [3.63, 3.8) is 0 Å². The summed E-state index contributed by atoms with van der Waals surface area (Å²) >= 11 is 0. The minimum Gasteiger partial charge on any atom is -0.465 e. The molecule has 12 heteroatoms. The van der Waals surface area contributed by atoms with E-state index in [1.54, 1.807) is 24.5 Å². The van der Waals surface area contributed by atoms with Gasteiger partial charge >= 0.3 is 6.09 Å². The van der Waals surface area contributed by atoms with Crippen LogP contribution in [0.2, 0.25) is 0 Å². The third kappa shape index (κ3) is 9.47. The number of aliphatic hydroxyl groups is 1. The van der Waals surface area contributed by atoms with Crippen LogP contribution >= 0.6 is 0 Å². The van der Waals surface area contributed by atoms with Gasteiger partial charge in [-0.3, -0.25) is 9.78 Å². The molecule has 0 aromatic carbocycles. The van der Waals surface area contributed by atoms with Gasteiger partial charge in [0, 0.05) is 39.1 Å². The molecule has 0 aliphatic heterocycles. The molecule has 1 aromatic heterocycles. The summed E-state index contributed by atoms with van der Waals surface area (Å²) in [6.45, 7) is 5.82. The first kappa shape index (κ1) is 27.8. The van der Waals surface area contributed by atoms with Crippen molar-refractivity contribution >= 4 is 22.2 Å². The maximum Gasteiger partial charge on any atom is 0.404 e. The topological polar surface area (TPSA) is 161 Å². The third-order valence-electron chi connectivity index (χ3n) is 4.97. The molecule has 182 valence electrons. The Morgan fingerprint density at radius 2 is 1.88 bits per heavy atom. The molecule has 0 fully saturated rings. The maximum atomic E-state index is 12.3. The molecule has 2 amide bonds. The highest BCUT2D eigenvalue weighted by molar-refractivity contribution is 7.87. The third-order valence-corrected chi connectivity index (χ3v) is 6.52. The van der Waals surface area contributed by atoms with Crippen molar-refractivity contribution in [2.45, 2.75) is 64.8 Å². The monoisotopic (exact) mass is 473 g/mol. The van der Waals surface area contributed by atoms with Crippen LogP contribution in [0.3, 0.4) is 0 Å². The van der Waals surface area contributed by atoms with Gasteiger partial charge in [-0.15, -0.1) is 0 Å². The van der Waals surface area contributed by atoms with Crippen molar-refractivity contribution in [1.29, 1.82) is 0 Å². The molecule has 32 heavy (non-hydrogen) atoms. The molecule has 0 saturated carbocycles. The normalized spacial score (nSPS) is 15.1. The van der Waals surface area contributed by atoms with E-state index in [4.69, 9.17) is 5.11 Å². The van der Waals surface area contributed by atoms with Gasteiger partial charge in [0.25, 0.3) is 16.1 Å². The molecule has 5 N–H and O–H groups in total. The lowest BCUT2D eigenvalue weighted by atomic mass is 9.84. The summed E-state index contributed by atoms with van der Waals surface area (Å²) in [4.78, 5) is 27.5. The van der Waals surface area contributed by atoms with Crippen LogP contribution in [0.15, 0.2) is 24.5 Å². The second-order valence-corrected chi connectivity index (χ2v) is 10.8. The smallest absolute Gasteiger partial charge is 0.404 e. The van der Waals surface area contributed by atoms with Crippen LogP contribution in [-0.2, 0) is 21.5 Å². The van der Waals surface area contributed by atoms with E-state index in [2.05, 4.69) is 20.3 Å². The van der Waals surface area contributed by atoms with Crippen LogP contribution in [0.1, 0.15) is 45.6 Å². The summed E-state index contributed by atoms with van der Waals surface area (Å²) in [5.74, 6) is -0.715. The van der Waals surface area contributed by atoms with Crippen molar-refractivity contribution in [2.24, 2.45) is 5.41 Å². The Morgan fingerprint density at radius 1 is 1.22 bits per heavy atom. The highest BCUT2D eigenvalue weighted by atomic mass is 32.2. The number of nitrogens with zero attached hydrogens (tertiary/aromatic N) is 2. The summed E-state index contributed by atoms with van der Waals surface area (Å²) in [6.07, 6.45) is 1.10. The van der Waals surface area contributed by atoms with E-state index >= 15 is 0 Å². The minimum atomic E-state index is -3.66. The lowest BCUT2D eigenvalue weighted by Crippen LogP contribution is -2.51. The average molecular weight is 474 g/mol. The number of rotatable bonds is 12. The first-order valence-corrected chi connectivity index (χ1v) is 11.7. The fourth-order valence-corrected chi connectivity index (χ4v) is 3.98. The largest absolute Gasteiger partial charge is 0.465 e. The van der Waals surface area contributed by atoms with Crippen LogP contribution in [-0.4, -0.2) is 72.2 Å². The molecule has 0 radical (unpaired) electrons. The summed E-state index contributed by atoms with van der Waals surface area (Å²) in [5.41, 5.74) is 0.329. The Balaban J connectivity index is 2.76. The molecule has 1 aromatic rings. The van der Waals surface area contributed by atoms with E-state index in [9.17, 15) is 23.1 Å². The van der Waals surface area contributed by atoms with Crippen LogP contribution in [0.5, 0.6) is 0 Å². The van der Waals surface area contributed by atoms with Gasteiger partial charge in [0.15, 0.2) is 6.10 Å². The molecule has 0 spiro atoms. The van der Waals surface area contributed by atoms with E-state index < -0.39 is 45.8 Å². The zero-order chi connectivity index (χ0) is 24.5. The minimum absolute atomic E-state index is 0.141. The zero-order valence-electron chi connectivity index (χ0n) is 19.2. The molecule has 1 heterocycles. The van der Waals surface area contributed by atoms with Crippen LogP contribution < -0.4 is 15.4 Å².